The first-order valence-electron chi connectivity index (χ1n) is 6.13. The molecule has 110 valence electrons. The van der Waals surface area contributed by atoms with Gasteiger partial charge in [0, 0.05) is 11.5 Å². The van der Waals surface area contributed by atoms with Crippen molar-refractivity contribution in [2.45, 2.75) is 32.3 Å². The van der Waals surface area contributed by atoms with Gasteiger partial charge in [0.2, 0.25) is 0 Å². The fourth-order valence-electron chi connectivity index (χ4n) is 1.46. The van der Waals surface area contributed by atoms with Gasteiger partial charge in [-0.2, -0.15) is 8.42 Å². The zero-order valence-electron chi connectivity index (χ0n) is 10.9. The van der Waals surface area contributed by atoms with Crippen LogP contribution in [0.1, 0.15) is 30.6 Å². The van der Waals surface area contributed by atoms with E-state index in [4.69, 9.17) is 16.3 Å². The summed E-state index contributed by atoms with van der Waals surface area (Å²) in [6.07, 6.45) is 4.73. The van der Waals surface area contributed by atoms with Gasteiger partial charge in [-0.25, -0.2) is 0 Å². The first-order chi connectivity index (χ1) is 8.99. The molecule has 0 unspecified atom stereocenters. The SMILES string of the molecule is CS(=O)(=O)OCCCCCCOCc1sccc1Cl. The molecule has 1 aromatic rings. The Morgan fingerprint density at radius 1 is 1.21 bits per heavy atom. The number of halogens is 1. The number of thiophene rings is 1. The van der Waals surface area contributed by atoms with E-state index in [1.807, 2.05) is 11.4 Å². The van der Waals surface area contributed by atoms with Crippen LogP contribution < -0.4 is 0 Å². The van der Waals surface area contributed by atoms with Gasteiger partial charge in [0.15, 0.2) is 0 Å². The summed E-state index contributed by atoms with van der Waals surface area (Å²) in [5.41, 5.74) is 0. The molecule has 0 aromatic carbocycles. The lowest BCUT2D eigenvalue weighted by Crippen LogP contribution is -2.04. The van der Waals surface area contributed by atoms with Crippen molar-refractivity contribution in [1.29, 1.82) is 0 Å². The predicted molar refractivity (Wildman–Crippen MR) is 78.2 cm³/mol. The Hall–Kier alpha value is -0.140. The zero-order chi connectivity index (χ0) is 14.1. The average molecular weight is 327 g/mol. The molecule has 19 heavy (non-hydrogen) atoms. The van der Waals surface area contributed by atoms with Crippen molar-refractivity contribution in [2.75, 3.05) is 19.5 Å². The summed E-state index contributed by atoms with van der Waals surface area (Å²) >= 11 is 7.54. The van der Waals surface area contributed by atoms with Crippen molar-refractivity contribution in [3.8, 4) is 0 Å². The highest BCUT2D eigenvalue weighted by molar-refractivity contribution is 7.85. The summed E-state index contributed by atoms with van der Waals surface area (Å²) in [6.45, 7) is 1.53. The third-order valence-electron chi connectivity index (χ3n) is 2.40. The summed E-state index contributed by atoms with van der Waals surface area (Å²) in [6, 6.07) is 1.87. The Bertz CT molecular complexity index is 456. The van der Waals surface area contributed by atoms with Crippen LogP contribution >= 0.6 is 22.9 Å². The lowest BCUT2D eigenvalue weighted by atomic mass is 10.2. The minimum Gasteiger partial charge on any atom is -0.376 e. The van der Waals surface area contributed by atoms with Crippen molar-refractivity contribution in [1.82, 2.24) is 0 Å². The van der Waals surface area contributed by atoms with E-state index < -0.39 is 10.1 Å². The molecule has 1 rings (SSSR count). The molecule has 0 aliphatic carbocycles. The highest BCUT2D eigenvalue weighted by Gasteiger charge is 2.02. The molecule has 1 aromatic heterocycles. The fourth-order valence-corrected chi connectivity index (χ4v) is 2.91. The Labute approximate surface area is 123 Å². The molecule has 0 spiro atoms. The summed E-state index contributed by atoms with van der Waals surface area (Å²) < 4.78 is 31.6. The molecule has 0 aliphatic rings. The first-order valence-corrected chi connectivity index (χ1v) is 9.20. The van der Waals surface area contributed by atoms with Gasteiger partial charge in [-0.05, 0) is 24.3 Å². The van der Waals surface area contributed by atoms with E-state index in [-0.39, 0.29) is 6.61 Å². The Morgan fingerprint density at radius 3 is 2.47 bits per heavy atom. The zero-order valence-corrected chi connectivity index (χ0v) is 13.3. The van der Waals surface area contributed by atoms with E-state index in [1.54, 1.807) is 11.3 Å². The van der Waals surface area contributed by atoms with Gasteiger partial charge in [0.1, 0.15) is 0 Å². The van der Waals surface area contributed by atoms with Gasteiger partial charge in [0.25, 0.3) is 10.1 Å². The summed E-state index contributed by atoms with van der Waals surface area (Å²) in [7, 11) is -3.29. The number of unbranched alkanes of at least 4 members (excludes halogenated alkanes) is 3. The first kappa shape index (κ1) is 16.9. The smallest absolute Gasteiger partial charge is 0.264 e. The van der Waals surface area contributed by atoms with Crippen LogP contribution in [0.3, 0.4) is 0 Å². The number of ether oxygens (including phenoxy) is 1. The number of hydrogen-bond donors (Lipinski definition) is 0. The third kappa shape index (κ3) is 8.60. The van der Waals surface area contributed by atoms with Gasteiger partial charge < -0.3 is 4.74 Å². The highest BCUT2D eigenvalue weighted by atomic mass is 35.5. The normalized spacial score (nSPS) is 11.9. The van der Waals surface area contributed by atoms with Crippen LogP contribution in [-0.2, 0) is 25.6 Å². The summed E-state index contributed by atoms with van der Waals surface area (Å²) in [4.78, 5) is 1.06. The molecular formula is C12H19ClO4S2. The van der Waals surface area contributed by atoms with Crippen molar-refractivity contribution in [2.24, 2.45) is 0 Å². The molecule has 0 radical (unpaired) electrons. The highest BCUT2D eigenvalue weighted by Crippen LogP contribution is 2.22. The maximum Gasteiger partial charge on any atom is 0.264 e. The largest absolute Gasteiger partial charge is 0.376 e. The molecule has 0 atom stereocenters. The minimum absolute atomic E-state index is 0.268. The lowest BCUT2D eigenvalue weighted by Gasteiger charge is -2.04. The van der Waals surface area contributed by atoms with E-state index in [9.17, 15) is 8.42 Å². The Kier molecular flexibility index (Phi) is 7.94. The van der Waals surface area contributed by atoms with Crippen molar-refractivity contribution >= 4 is 33.1 Å². The summed E-state index contributed by atoms with van der Waals surface area (Å²) in [5.74, 6) is 0. The van der Waals surface area contributed by atoms with E-state index in [1.165, 1.54) is 0 Å². The molecule has 0 amide bonds. The molecule has 0 saturated heterocycles. The van der Waals surface area contributed by atoms with E-state index >= 15 is 0 Å². The minimum atomic E-state index is -3.29. The van der Waals surface area contributed by atoms with E-state index in [2.05, 4.69) is 4.18 Å². The molecule has 7 heteroatoms. The number of hydrogen-bond acceptors (Lipinski definition) is 5. The predicted octanol–water partition coefficient (Wildman–Crippen LogP) is 3.45. The summed E-state index contributed by atoms with van der Waals surface area (Å²) in [5, 5.41) is 2.71. The van der Waals surface area contributed by atoms with E-state index in [0.29, 0.717) is 13.2 Å². The van der Waals surface area contributed by atoms with Crippen LogP contribution in [0.25, 0.3) is 0 Å². The monoisotopic (exact) mass is 326 g/mol. The lowest BCUT2D eigenvalue weighted by molar-refractivity contribution is 0.118. The van der Waals surface area contributed by atoms with Crippen LogP contribution in [0.5, 0.6) is 0 Å². The van der Waals surface area contributed by atoms with Crippen molar-refractivity contribution in [3.63, 3.8) is 0 Å². The van der Waals surface area contributed by atoms with Crippen LogP contribution in [-0.4, -0.2) is 27.9 Å². The topological polar surface area (TPSA) is 52.6 Å². The maximum atomic E-state index is 10.7. The van der Waals surface area contributed by atoms with Gasteiger partial charge in [0.05, 0.1) is 24.5 Å². The standard InChI is InChI=1S/C12H19ClO4S2/c1-19(14,15)17-8-5-3-2-4-7-16-10-12-11(13)6-9-18-12/h6,9H,2-5,7-8,10H2,1H3. The average Bonchev–Trinajstić information content (AvgIpc) is 2.71. The fraction of sp³-hybridized carbons (Fsp3) is 0.667. The Morgan fingerprint density at radius 2 is 1.89 bits per heavy atom. The molecule has 1 heterocycles. The van der Waals surface area contributed by atoms with Crippen LogP contribution in [0.15, 0.2) is 11.4 Å². The van der Waals surface area contributed by atoms with Gasteiger partial charge in [-0.15, -0.1) is 11.3 Å². The van der Waals surface area contributed by atoms with E-state index in [0.717, 1.165) is 41.8 Å². The second-order valence-electron chi connectivity index (χ2n) is 4.18. The van der Waals surface area contributed by atoms with Crippen LogP contribution in [0, 0.1) is 0 Å². The molecule has 0 aliphatic heterocycles. The molecular weight excluding hydrogens is 308 g/mol. The van der Waals surface area contributed by atoms with Crippen molar-refractivity contribution in [3.05, 3.63) is 21.3 Å². The molecule has 4 nitrogen and oxygen atoms in total. The van der Waals surface area contributed by atoms with Gasteiger partial charge >= 0.3 is 0 Å². The second kappa shape index (κ2) is 8.92. The third-order valence-corrected chi connectivity index (χ3v) is 4.36. The second-order valence-corrected chi connectivity index (χ2v) is 7.24. The maximum absolute atomic E-state index is 10.7. The molecule has 0 fully saturated rings. The molecule has 0 bridgehead atoms. The molecule has 0 saturated carbocycles. The van der Waals surface area contributed by atoms with Crippen molar-refractivity contribution < 1.29 is 17.3 Å². The number of rotatable bonds is 10. The molecule has 0 N–H and O–H groups in total. The van der Waals surface area contributed by atoms with Crippen LogP contribution in [0.2, 0.25) is 5.02 Å². The quantitative estimate of drug-likeness (QED) is 0.488. The Balaban J connectivity index is 1.91. The van der Waals surface area contributed by atoms with Gasteiger partial charge in [-0.1, -0.05) is 24.4 Å². The van der Waals surface area contributed by atoms with Crippen LogP contribution in [0.4, 0.5) is 0 Å². The van der Waals surface area contributed by atoms with Gasteiger partial charge in [-0.3, -0.25) is 4.18 Å².